The third-order valence-corrected chi connectivity index (χ3v) is 11.3. The number of nitrogens with zero attached hydrogens (tertiary/aromatic N) is 1. The quantitative estimate of drug-likeness (QED) is 0.209. The summed E-state index contributed by atoms with van der Waals surface area (Å²) in [5, 5.41) is 7.62. The molecule has 0 saturated carbocycles. The van der Waals surface area contributed by atoms with E-state index in [1.54, 1.807) is 10.7 Å². The number of aromatic amines is 1. The maximum atomic E-state index is 12.6. The van der Waals surface area contributed by atoms with Crippen LogP contribution in [0.5, 0.6) is 0 Å². The van der Waals surface area contributed by atoms with Gasteiger partial charge in [-0.2, -0.15) is 0 Å². The van der Waals surface area contributed by atoms with Gasteiger partial charge in [0.25, 0.3) is 5.56 Å². The lowest BCUT2D eigenvalue weighted by Gasteiger charge is -2.28. The van der Waals surface area contributed by atoms with Crippen LogP contribution in [0.2, 0.25) is 0 Å². The Morgan fingerprint density at radius 1 is 0.778 bits per heavy atom. The van der Waals surface area contributed by atoms with Crippen molar-refractivity contribution in [2.75, 3.05) is 6.16 Å². The highest BCUT2D eigenvalue weighted by atomic mass is 31.2. The van der Waals surface area contributed by atoms with E-state index in [2.05, 4.69) is 96.1 Å². The predicted molar refractivity (Wildman–Crippen MR) is 154 cm³/mol. The van der Waals surface area contributed by atoms with Gasteiger partial charge in [-0.25, -0.2) is 4.68 Å². The Morgan fingerprint density at radius 3 is 2.08 bits per heavy atom. The SMILES string of the molecule is O=c1cc(CCCC[P+](C2=CCC=CC=C2)(c2ccccc2)c2ccccc2)[nH]n1-c1ccccc1. The normalized spacial score (nSPS) is 13.4. The van der Waals surface area contributed by atoms with Gasteiger partial charge >= 0.3 is 0 Å². The summed E-state index contributed by atoms with van der Waals surface area (Å²) in [6.45, 7) is 0. The van der Waals surface area contributed by atoms with Crippen LogP contribution in [0, 0.1) is 0 Å². The van der Waals surface area contributed by atoms with Gasteiger partial charge in [-0.15, -0.1) is 0 Å². The molecular weight excluding hydrogens is 459 g/mol. The van der Waals surface area contributed by atoms with E-state index in [0.29, 0.717) is 0 Å². The van der Waals surface area contributed by atoms with Gasteiger partial charge in [0.2, 0.25) is 0 Å². The van der Waals surface area contributed by atoms with E-state index in [9.17, 15) is 4.79 Å². The standard InChI is InChI=1S/C32H31N2OP/c35-32-26-27(33-34(32)28-17-6-3-7-18-28)16-14-15-25-36(30-21-10-4-11-22-30,31-23-12-5-13-24-31)29-19-8-1-2-9-20-29/h1-8,10-13,17-24,26H,9,14-16,25H2/p+1. The average molecular weight is 492 g/mol. The smallest absolute Gasteiger partial charge is 0.271 e. The third-order valence-electron chi connectivity index (χ3n) is 6.79. The Kier molecular flexibility index (Phi) is 7.59. The molecular formula is C32H32N2OP+. The monoisotopic (exact) mass is 491 g/mol. The molecule has 0 amide bonds. The third kappa shape index (κ3) is 5.12. The van der Waals surface area contributed by atoms with Crippen LogP contribution in [-0.2, 0) is 6.42 Å². The molecule has 1 aliphatic rings. The molecule has 0 atom stereocenters. The summed E-state index contributed by atoms with van der Waals surface area (Å²) in [6.07, 6.45) is 16.3. The molecule has 0 fully saturated rings. The van der Waals surface area contributed by atoms with E-state index in [1.807, 2.05) is 30.3 Å². The number of nitrogens with one attached hydrogen (secondary N) is 1. The molecule has 3 nitrogen and oxygen atoms in total. The number of hydrogen-bond donors (Lipinski definition) is 1. The summed E-state index contributed by atoms with van der Waals surface area (Å²) in [7, 11) is -1.82. The number of H-pyrrole nitrogens is 1. The van der Waals surface area contributed by atoms with Crippen molar-refractivity contribution >= 4 is 17.9 Å². The van der Waals surface area contributed by atoms with Crippen LogP contribution in [0.3, 0.4) is 0 Å². The molecule has 1 aliphatic carbocycles. The van der Waals surface area contributed by atoms with Gasteiger partial charge in [-0.3, -0.25) is 9.89 Å². The number of allylic oxidation sites excluding steroid dienone is 6. The van der Waals surface area contributed by atoms with E-state index in [1.165, 1.54) is 15.9 Å². The molecule has 1 N–H and O–H groups in total. The number of aromatic nitrogens is 2. The summed E-state index contributed by atoms with van der Waals surface area (Å²) in [5.41, 5.74) is 1.85. The number of benzene rings is 3. The average Bonchev–Trinajstić information content (AvgIpc) is 3.11. The van der Waals surface area contributed by atoms with Crippen molar-refractivity contribution in [3.63, 3.8) is 0 Å². The first-order valence-electron chi connectivity index (χ1n) is 12.7. The molecule has 1 heterocycles. The fourth-order valence-corrected chi connectivity index (χ4v) is 9.54. The largest absolute Gasteiger partial charge is 0.295 e. The molecule has 0 aliphatic heterocycles. The van der Waals surface area contributed by atoms with E-state index >= 15 is 0 Å². The summed E-state index contributed by atoms with van der Waals surface area (Å²) >= 11 is 0. The van der Waals surface area contributed by atoms with Gasteiger partial charge in [0.1, 0.15) is 23.2 Å². The van der Waals surface area contributed by atoms with E-state index in [0.717, 1.165) is 43.2 Å². The van der Waals surface area contributed by atoms with Crippen LogP contribution in [-0.4, -0.2) is 15.9 Å². The second-order valence-electron chi connectivity index (χ2n) is 9.10. The van der Waals surface area contributed by atoms with Crippen LogP contribution in [0.4, 0.5) is 0 Å². The maximum Gasteiger partial charge on any atom is 0.271 e. The van der Waals surface area contributed by atoms with Gasteiger partial charge in [0, 0.05) is 11.8 Å². The molecule has 3 aromatic carbocycles. The zero-order chi connectivity index (χ0) is 24.6. The molecule has 4 aromatic rings. The Bertz CT molecular complexity index is 1370. The highest BCUT2D eigenvalue weighted by Gasteiger charge is 2.45. The highest BCUT2D eigenvalue weighted by molar-refractivity contribution is 7.93. The maximum absolute atomic E-state index is 12.6. The predicted octanol–water partition coefficient (Wildman–Crippen LogP) is 6.56. The molecule has 1 aromatic heterocycles. The summed E-state index contributed by atoms with van der Waals surface area (Å²) in [4.78, 5) is 12.6. The Labute approximate surface area is 213 Å². The topological polar surface area (TPSA) is 37.8 Å². The van der Waals surface area contributed by atoms with E-state index in [4.69, 9.17) is 0 Å². The Morgan fingerprint density at radius 2 is 1.42 bits per heavy atom. The molecule has 5 rings (SSSR count). The van der Waals surface area contributed by atoms with Crippen LogP contribution in [0.1, 0.15) is 25.0 Å². The first-order valence-corrected chi connectivity index (χ1v) is 14.6. The van der Waals surface area contributed by atoms with Crippen LogP contribution in [0.25, 0.3) is 5.69 Å². The highest BCUT2D eigenvalue weighted by Crippen LogP contribution is 2.64. The Hall–Kier alpha value is -3.68. The van der Waals surface area contributed by atoms with Crippen LogP contribution >= 0.6 is 7.26 Å². The van der Waals surface area contributed by atoms with Crippen molar-refractivity contribution in [1.29, 1.82) is 0 Å². The van der Waals surface area contributed by atoms with Gasteiger partial charge in [0.05, 0.1) is 11.8 Å². The summed E-state index contributed by atoms with van der Waals surface area (Å²) in [6, 6.07) is 33.6. The molecule has 36 heavy (non-hydrogen) atoms. The van der Waals surface area contributed by atoms with Crippen molar-refractivity contribution < 1.29 is 0 Å². The van der Waals surface area contributed by atoms with E-state index in [-0.39, 0.29) is 5.56 Å². The lowest BCUT2D eigenvalue weighted by Crippen LogP contribution is -2.26. The number of para-hydroxylation sites is 1. The molecule has 0 saturated heterocycles. The van der Waals surface area contributed by atoms with Crippen molar-refractivity contribution in [2.24, 2.45) is 0 Å². The van der Waals surface area contributed by atoms with E-state index < -0.39 is 7.26 Å². The lowest BCUT2D eigenvalue weighted by atomic mass is 10.2. The van der Waals surface area contributed by atoms with Gasteiger partial charge < -0.3 is 0 Å². The number of rotatable bonds is 9. The minimum atomic E-state index is -1.82. The van der Waals surface area contributed by atoms with Gasteiger partial charge in [-0.05, 0) is 74.2 Å². The molecule has 4 heteroatoms. The van der Waals surface area contributed by atoms with Crippen LogP contribution < -0.4 is 16.2 Å². The van der Waals surface area contributed by atoms with Gasteiger partial charge in [-0.1, -0.05) is 72.8 Å². The lowest BCUT2D eigenvalue weighted by molar-refractivity contribution is 0.750. The number of aryl methyl sites for hydroxylation is 1. The minimum Gasteiger partial charge on any atom is -0.295 e. The van der Waals surface area contributed by atoms with Gasteiger partial charge in [0.15, 0.2) is 0 Å². The Balaban J connectivity index is 1.42. The number of hydrogen-bond acceptors (Lipinski definition) is 1. The molecule has 0 bridgehead atoms. The molecule has 0 unspecified atom stereocenters. The van der Waals surface area contributed by atoms with Crippen LogP contribution in [0.15, 0.2) is 138 Å². The first-order chi connectivity index (χ1) is 17.8. The van der Waals surface area contributed by atoms with Crippen molar-refractivity contribution in [2.45, 2.75) is 25.7 Å². The summed E-state index contributed by atoms with van der Waals surface area (Å²) in [5.74, 6) is 0. The first kappa shape index (κ1) is 24.0. The summed E-state index contributed by atoms with van der Waals surface area (Å²) < 4.78 is 1.63. The fourth-order valence-electron chi connectivity index (χ4n) is 5.06. The molecule has 0 spiro atoms. The minimum absolute atomic E-state index is 0.00661. The van der Waals surface area contributed by atoms with Crippen molar-refractivity contribution in [1.82, 2.24) is 9.78 Å². The zero-order valence-corrected chi connectivity index (χ0v) is 21.4. The van der Waals surface area contributed by atoms with Crippen molar-refractivity contribution in [3.8, 4) is 5.69 Å². The molecule has 0 radical (unpaired) electrons. The fraction of sp³-hybridized carbons (Fsp3) is 0.156. The zero-order valence-electron chi connectivity index (χ0n) is 20.5. The second kappa shape index (κ2) is 11.4. The second-order valence-corrected chi connectivity index (χ2v) is 12.7. The molecule has 180 valence electrons. The number of unbranched alkanes of at least 4 members (excludes halogenated alkanes) is 1. The van der Waals surface area contributed by atoms with Crippen molar-refractivity contribution in [3.05, 3.63) is 149 Å².